The van der Waals surface area contributed by atoms with Crippen LogP contribution in [0.15, 0.2) is 28.8 Å². The second kappa shape index (κ2) is 6.63. The molecule has 2 aromatic rings. The van der Waals surface area contributed by atoms with Gasteiger partial charge in [0, 0.05) is 22.5 Å². The molecule has 3 nitrogen and oxygen atoms in total. The summed E-state index contributed by atoms with van der Waals surface area (Å²) in [6.07, 6.45) is 3.64. The molecule has 114 valence electrons. The van der Waals surface area contributed by atoms with E-state index in [9.17, 15) is 0 Å². The number of nitrogens with zero attached hydrogens (tertiary/aromatic N) is 1. The molecule has 0 saturated carbocycles. The summed E-state index contributed by atoms with van der Waals surface area (Å²) < 4.78 is 5.81. The monoisotopic (exact) mass is 306 g/mol. The fourth-order valence-electron chi connectivity index (χ4n) is 2.06. The van der Waals surface area contributed by atoms with E-state index in [1.165, 1.54) is 0 Å². The standard InChI is InChI=1S/C17H23ClN2O/c1-12-10-13(7-8-14(12)18)15-11-19-16(21-15)6-5-9-20-17(2,3)4/h7-8,10-11,20H,5-6,9H2,1-4H3. The first-order chi connectivity index (χ1) is 9.85. The summed E-state index contributed by atoms with van der Waals surface area (Å²) in [5, 5.41) is 4.23. The van der Waals surface area contributed by atoms with Crippen LogP contribution in [0, 0.1) is 6.92 Å². The smallest absolute Gasteiger partial charge is 0.194 e. The molecule has 21 heavy (non-hydrogen) atoms. The SMILES string of the molecule is Cc1cc(-c2cnc(CCCNC(C)(C)C)o2)ccc1Cl. The summed E-state index contributed by atoms with van der Waals surface area (Å²) in [4.78, 5) is 4.35. The Morgan fingerprint density at radius 2 is 2.05 bits per heavy atom. The van der Waals surface area contributed by atoms with Crippen LogP contribution >= 0.6 is 11.6 Å². The minimum absolute atomic E-state index is 0.155. The predicted molar refractivity (Wildman–Crippen MR) is 87.8 cm³/mol. The van der Waals surface area contributed by atoms with E-state index in [0.29, 0.717) is 0 Å². The van der Waals surface area contributed by atoms with Crippen LogP contribution in [-0.4, -0.2) is 17.1 Å². The summed E-state index contributed by atoms with van der Waals surface area (Å²) in [7, 11) is 0. The number of halogens is 1. The van der Waals surface area contributed by atoms with Crippen molar-refractivity contribution >= 4 is 11.6 Å². The average molecular weight is 307 g/mol. The van der Waals surface area contributed by atoms with Gasteiger partial charge in [0.1, 0.15) is 0 Å². The molecule has 0 aliphatic carbocycles. The third kappa shape index (κ3) is 4.87. The highest BCUT2D eigenvalue weighted by atomic mass is 35.5. The molecule has 0 bridgehead atoms. The minimum Gasteiger partial charge on any atom is -0.441 e. The molecule has 1 aromatic carbocycles. The Morgan fingerprint density at radius 1 is 1.29 bits per heavy atom. The first-order valence-corrected chi connectivity index (χ1v) is 7.69. The molecule has 0 aliphatic rings. The predicted octanol–water partition coefficient (Wildman–Crippen LogP) is 4.62. The Kier molecular flexibility index (Phi) is 5.07. The van der Waals surface area contributed by atoms with Gasteiger partial charge >= 0.3 is 0 Å². The van der Waals surface area contributed by atoms with E-state index < -0.39 is 0 Å². The van der Waals surface area contributed by atoms with Crippen molar-refractivity contribution in [2.75, 3.05) is 6.54 Å². The van der Waals surface area contributed by atoms with Crippen LogP contribution in [0.3, 0.4) is 0 Å². The summed E-state index contributed by atoms with van der Waals surface area (Å²) in [6.45, 7) is 9.44. The van der Waals surface area contributed by atoms with E-state index in [1.807, 2.05) is 25.1 Å². The minimum atomic E-state index is 0.155. The first-order valence-electron chi connectivity index (χ1n) is 7.31. The van der Waals surface area contributed by atoms with Gasteiger partial charge in [-0.25, -0.2) is 4.98 Å². The maximum absolute atomic E-state index is 6.04. The lowest BCUT2D eigenvalue weighted by Gasteiger charge is -2.20. The van der Waals surface area contributed by atoms with Gasteiger partial charge in [0.25, 0.3) is 0 Å². The average Bonchev–Trinajstić information content (AvgIpc) is 2.86. The lowest BCUT2D eigenvalue weighted by atomic mass is 10.1. The van der Waals surface area contributed by atoms with Gasteiger partial charge in [-0.1, -0.05) is 11.6 Å². The highest BCUT2D eigenvalue weighted by Crippen LogP contribution is 2.25. The van der Waals surface area contributed by atoms with Gasteiger partial charge in [-0.2, -0.15) is 0 Å². The number of aryl methyl sites for hydroxylation is 2. The Hall–Kier alpha value is -1.32. The fourth-order valence-corrected chi connectivity index (χ4v) is 2.18. The van der Waals surface area contributed by atoms with Crippen molar-refractivity contribution in [1.82, 2.24) is 10.3 Å². The molecule has 0 spiro atoms. The lowest BCUT2D eigenvalue weighted by Crippen LogP contribution is -2.36. The van der Waals surface area contributed by atoms with Crippen molar-refractivity contribution in [3.05, 3.63) is 40.9 Å². The zero-order valence-corrected chi connectivity index (χ0v) is 13.9. The molecule has 0 atom stereocenters. The van der Waals surface area contributed by atoms with Gasteiger partial charge < -0.3 is 9.73 Å². The number of hydrogen-bond acceptors (Lipinski definition) is 3. The molecular formula is C17H23ClN2O. The second-order valence-corrected chi connectivity index (χ2v) is 6.77. The van der Waals surface area contributed by atoms with Gasteiger partial charge in [0.05, 0.1) is 6.20 Å². The topological polar surface area (TPSA) is 38.1 Å². The highest BCUT2D eigenvalue weighted by molar-refractivity contribution is 6.31. The number of nitrogens with one attached hydrogen (secondary N) is 1. The molecule has 0 radical (unpaired) electrons. The van der Waals surface area contributed by atoms with Gasteiger partial charge in [-0.3, -0.25) is 0 Å². The van der Waals surface area contributed by atoms with E-state index in [0.717, 1.165) is 47.2 Å². The van der Waals surface area contributed by atoms with E-state index in [1.54, 1.807) is 6.20 Å². The maximum atomic E-state index is 6.04. The number of benzene rings is 1. The van der Waals surface area contributed by atoms with Crippen LogP contribution in [0.4, 0.5) is 0 Å². The quantitative estimate of drug-likeness (QED) is 0.819. The fraction of sp³-hybridized carbons (Fsp3) is 0.471. The number of hydrogen-bond donors (Lipinski definition) is 1. The molecule has 2 rings (SSSR count). The molecule has 0 saturated heterocycles. The van der Waals surface area contributed by atoms with E-state index >= 15 is 0 Å². The van der Waals surface area contributed by atoms with Crippen LogP contribution in [0.1, 0.15) is 38.6 Å². The van der Waals surface area contributed by atoms with Crippen LogP contribution in [0.5, 0.6) is 0 Å². The molecule has 1 N–H and O–H groups in total. The molecule has 4 heteroatoms. The Morgan fingerprint density at radius 3 is 2.71 bits per heavy atom. The molecule has 1 aromatic heterocycles. The van der Waals surface area contributed by atoms with Crippen molar-refractivity contribution in [1.29, 1.82) is 0 Å². The summed E-state index contributed by atoms with van der Waals surface area (Å²) >= 11 is 6.04. The summed E-state index contributed by atoms with van der Waals surface area (Å²) in [5.74, 6) is 1.59. The lowest BCUT2D eigenvalue weighted by molar-refractivity contribution is 0.412. The molecular weight excluding hydrogens is 284 g/mol. The van der Waals surface area contributed by atoms with Gasteiger partial charge in [-0.05, 0) is 64.4 Å². The van der Waals surface area contributed by atoms with Crippen LogP contribution in [0.2, 0.25) is 5.02 Å². The third-order valence-electron chi connectivity index (χ3n) is 3.22. The van der Waals surface area contributed by atoms with Gasteiger partial charge in [0.2, 0.25) is 0 Å². The van der Waals surface area contributed by atoms with Crippen LogP contribution in [-0.2, 0) is 6.42 Å². The summed E-state index contributed by atoms with van der Waals surface area (Å²) in [5.41, 5.74) is 2.22. The largest absolute Gasteiger partial charge is 0.441 e. The molecule has 0 aliphatic heterocycles. The second-order valence-electron chi connectivity index (χ2n) is 6.36. The van der Waals surface area contributed by atoms with Gasteiger partial charge in [0.15, 0.2) is 11.7 Å². The van der Waals surface area contributed by atoms with E-state index in [4.69, 9.17) is 16.0 Å². The van der Waals surface area contributed by atoms with E-state index in [-0.39, 0.29) is 5.54 Å². The van der Waals surface area contributed by atoms with Crippen molar-refractivity contribution in [3.8, 4) is 11.3 Å². The van der Waals surface area contributed by atoms with Crippen molar-refractivity contribution in [2.24, 2.45) is 0 Å². The Labute approximate surface area is 131 Å². The third-order valence-corrected chi connectivity index (χ3v) is 3.64. The van der Waals surface area contributed by atoms with Crippen molar-refractivity contribution in [3.63, 3.8) is 0 Å². The maximum Gasteiger partial charge on any atom is 0.194 e. The molecule has 1 heterocycles. The first kappa shape index (κ1) is 16.1. The van der Waals surface area contributed by atoms with Crippen LogP contribution in [0.25, 0.3) is 11.3 Å². The zero-order valence-electron chi connectivity index (χ0n) is 13.2. The number of oxazole rings is 1. The Bertz CT molecular complexity index is 599. The molecule has 0 amide bonds. The van der Waals surface area contributed by atoms with E-state index in [2.05, 4.69) is 31.1 Å². The molecule has 0 unspecified atom stereocenters. The summed E-state index contributed by atoms with van der Waals surface area (Å²) in [6, 6.07) is 5.87. The van der Waals surface area contributed by atoms with Crippen LogP contribution < -0.4 is 5.32 Å². The number of rotatable bonds is 5. The van der Waals surface area contributed by atoms with Crippen molar-refractivity contribution < 1.29 is 4.42 Å². The molecule has 0 fully saturated rings. The number of aromatic nitrogens is 1. The Balaban J connectivity index is 1.93. The highest BCUT2D eigenvalue weighted by Gasteiger charge is 2.10. The zero-order chi connectivity index (χ0) is 15.5. The normalized spacial score (nSPS) is 11.9. The van der Waals surface area contributed by atoms with Gasteiger partial charge in [-0.15, -0.1) is 0 Å². The van der Waals surface area contributed by atoms with Crippen molar-refractivity contribution in [2.45, 2.75) is 46.1 Å².